The topological polar surface area (TPSA) is 65.9 Å². The van der Waals surface area contributed by atoms with Gasteiger partial charge >= 0.3 is 0 Å². The lowest BCUT2D eigenvalue weighted by molar-refractivity contribution is -0.133. The number of hydrogen-bond acceptors (Lipinski definition) is 5. The first-order valence-corrected chi connectivity index (χ1v) is 10.8. The normalized spacial score (nSPS) is 26.0. The van der Waals surface area contributed by atoms with Crippen LogP contribution in [0.2, 0.25) is 0 Å². The maximum atomic E-state index is 12.6. The van der Waals surface area contributed by atoms with Crippen LogP contribution in [0.1, 0.15) is 44.1 Å². The Hall–Kier alpha value is -1.50. The number of aryl methyl sites for hydroxylation is 1. The van der Waals surface area contributed by atoms with Crippen molar-refractivity contribution >= 4 is 5.91 Å². The summed E-state index contributed by atoms with van der Waals surface area (Å²) in [6.45, 7) is 5.50. The third-order valence-corrected chi connectivity index (χ3v) is 6.83. The first-order chi connectivity index (χ1) is 13.6. The fourth-order valence-corrected chi connectivity index (χ4v) is 4.94. The molecule has 0 saturated carbocycles. The van der Waals surface area contributed by atoms with Crippen LogP contribution in [0.5, 0.6) is 0 Å². The van der Waals surface area contributed by atoms with E-state index in [9.17, 15) is 9.90 Å². The average Bonchev–Trinajstić information content (AvgIpc) is 3.11. The molecule has 1 atom stereocenters. The highest BCUT2D eigenvalue weighted by molar-refractivity contribution is 5.76. The molecule has 154 valence electrons. The van der Waals surface area contributed by atoms with Crippen molar-refractivity contribution in [3.05, 3.63) is 30.1 Å². The van der Waals surface area contributed by atoms with Gasteiger partial charge in [-0.3, -0.25) is 9.78 Å². The minimum absolute atomic E-state index is 0.118. The number of rotatable bonds is 5. The second-order valence-electron chi connectivity index (χ2n) is 8.91. The van der Waals surface area contributed by atoms with Crippen LogP contribution >= 0.6 is 0 Å². The SMILES string of the molecule is O=C(CCc1cccnc1)N1CCC2(CC1)CO[C@@H](CN1CCC(O)CC1)C2. The van der Waals surface area contributed by atoms with Crippen LogP contribution < -0.4 is 0 Å². The summed E-state index contributed by atoms with van der Waals surface area (Å²) in [6.07, 6.45) is 10.1. The maximum absolute atomic E-state index is 12.6. The Balaban J connectivity index is 1.20. The van der Waals surface area contributed by atoms with Crippen molar-refractivity contribution in [1.82, 2.24) is 14.8 Å². The van der Waals surface area contributed by atoms with Crippen molar-refractivity contribution in [3.63, 3.8) is 0 Å². The number of piperidine rings is 2. The summed E-state index contributed by atoms with van der Waals surface area (Å²) in [6, 6.07) is 3.96. The zero-order chi connectivity index (χ0) is 19.4. The van der Waals surface area contributed by atoms with Gasteiger partial charge in [-0.25, -0.2) is 0 Å². The van der Waals surface area contributed by atoms with Gasteiger partial charge in [-0.2, -0.15) is 0 Å². The molecule has 0 radical (unpaired) electrons. The summed E-state index contributed by atoms with van der Waals surface area (Å²) in [4.78, 5) is 21.2. The van der Waals surface area contributed by atoms with E-state index in [0.29, 0.717) is 12.5 Å². The molecule has 6 heteroatoms. The molecule has 1 N–H and O–H groups in total. The molecule has 1 spiro atoms. The molecule has 4 rings (SSSR count). The molecular formula is C22H33N3O3. The standard InChI is InChI=1S/C22H33N3O3/c26-19-5-10-24(11-6-19)16-20-14-22(17-28-20)7-12-25(13-8-22)21(27)4-3-18-2-1-9-23-15-18/h1-2,9,15,19-20,26H,3-8,10-14,16-17H2/t20-/m1/s1. The van der Waals surface area contributed by atoms with Crippen LogP contribution in [-0.4, -0.2) is 77.3 Å². The number of aliphatic hydroxyl groups excluding tert-OH is 1. The van der Waals surface area contributed by atoms with Gasteiger partial charge in [-0.05, 0) is 55.6 Å². The highest BCUT2D eigenvalue weighted by atomic mass is 16.5. The Morgan fingerprint density at radius 1 is 1.25 bits per heavy atom. The van der Waals surface area contributed by atoms with Crippen LogP contribution in [0, 0.1) is 5.41 Å². The van der Waals surface area contributed by atoms with E-state index in [1.54, 1.807) is 6.20 Å². The minimum atomic E-state index is -0.118. The molecule has 1 aromatic rings. The molecule has 0 bridgehead atoms. The Kier molecular flexibility index (Phi) is 6.28. The van der Waals surface area contributed by atoms with Crippen molar-refractivity contribution < 1.29 is 14.6 Å². The van der Waals surface area contributed by atoms with E-state index < -0.39 is 0 Å². The number of pyridine rings is 1. The first-order valence-electron chi connectivity index (χ1n) is 10.8. The van der Waals surface area contributed by atoms with Gasteiger partial charge in [0, 0.05) is 51.5 Å². The number of ether oxygens (including phenoxy) is 1. The van der Waals surface area contributed by atoms with Gasteiger partial charge in [-0.1, -0.05) is 6.07 Å². The number of carbonyl (C=O) groups excluding carboxylic acids is 1. The molecule has 3 saturated heterocycles. The number of aliphatic hydroxyl groups is 1. The molecule has 3 fully saturated rings. The summed E-state index contributed by atoms with van der Waals surface area (Å²) in [7, 11) is 0. The monoisotopic (exact) mass is 387 g/mol. The Bertz CT molecular complexity index is 638. The summed E-state index contributed by atoms with van der Waals surface area (Å²) >= 11 is 0. The molecule has 0 unspecified atom stereocenters. The largest absolute Gasteiger partial charge is 0.393 e. The molecule has 0 aromatic carbocycles. The quantitative estimate of drug-likeness (QED) is 0.836. The van der Waals surface area contributed by atoms with E-state index in [4.69, 9.17) is 4.74 Å². The Morgan fingerprint density at radius 3 is 2.75 bits per heavy atom. The van der Waals surface area contributed by atoms with Gasteiger partial charge in [0.05, 0.1) is 18.8 Å². The number of hydrogen-bond donors (Lipinski definition) is 1. The highest BCUT2D eigenvalue weighted by Crippen LogP contribution is 2.42. The highest BCUT2D eigenvalue weighted by Gasteiger charge is 2.43. The third kappa shape index (κ3) is 4.91. The third-order valence-electron chi connectivity index (χ3n) is 6.83. The summed E-state index contributed by atoms with van der Waals surface area (Å²) in [5, 5.41) is 9.67. The molecule has 4 heterocycles. The van der Waals surface area contributed by atoms with Crippen LogP contribution in [0.15, 0.2) is 24.5 Å². The fourth-order valence-electron chi connectivity index (χ4n) is 4.94. The van der Waals surface area contributed by atoms with Crippen molar-refractivity contribution in [2.24, 2.45) is 5.41 Å². The fraction of sp³-hybridized carbons (Fsp3) is 0.727. The first kappa shape index (κ1) is 19.8. The maximum Gasteiger partial charge on any atom is 0.222 e. The second kappa shape index (κ2) is 8.89. The molecule has 1 aromatic heterocycles. The minimum Gasteiger partial charge on any atom is -0.393 e. The van der Waals surface area contributed by atoms with Gasteiger partial charge in [0.25, 0.3) is 0 Å². The molecular weight excluding hydrogens is 354 g/mol. The lowest BCUT2D eigenvalue weighted by Gasteiger charge is -2.38. The number of aromatic nitrogens is 1. The van der Waals surface area contributed by atoms with Crippen molar-refractivity contribution in [2.45, 2.75) is 57.2 Å². The molecule has 1 amide bonds. The van der Waals surface area contributed by atoms with E-state index in [1.165, 1.54) is 0 Å². The number of carbonyl (C=O) groups is 1. The lowest BCUT2D eigenvalue weighted by atomic mass is 9.76. The molecule has 28 heavy (non-hydrogen) atoms. The van der Waals surface area contributed by atoms with E-state index in [2.05, 4.69) is 9.88 Å². The van der Waals surface area contributed by atoms with Gasteiger partial charge in [0.1, 0.15) is 0 Å². The zero-order valence-electron chi connectivity index (χ0n) is 16.8. The zero-order valence-corrected chi connectivity index (χ0v) is 16.8. The number of amides is 1. The molecule has 3 aliphatic rings. The molecule has 6 nitrogen and oxygen atoms in total. The number of nitrogens with zero attached hydrogens (tertiary/aromatic N) is 3. The van der Waals surface area contributed by atoms with E-state index in [1.807, 2.05) is 23.2 Å². The number of likely N-dealkylation sites (tertiary alicyclic amines) is 2. The molecule has 0 aliphatic carbocycles. The average molecular weight is 388 g/mol. The van der Waals surface area contributed by atoms with Crippen molar-refractivity contribution in [2.75, 3.05) is 39.3 Å². The van der Waals surface area contributed by atoms with Gasteiger partial charge in [0.2, 0.25) is 5.91 Å². The van der Waals surface area contributed by atoms with Crippen molar-refractivity contribution in [1.29, 1.82) is 0 Å². The van der Waals surface area contributed by atoms with Crippen LogP contribution in [0.3, 0.4) is 0 Å². The van der Waals surface area contributed by atoms with Crippen LogP contribution in [0.4, 0.5) is 0 Å². The van der Waals surface area contributed by atoms with Gasteiger partial charge in [0.15, 0.2) is 0 Å². The van der Waals surface area contributed by atoms with Crippen molar-refractivity contribution in [3.8, 4) is 0 Å². The summed E-state index contributed by atoms with van der Waals surface area (Å²) in [5.74, 6) is 0.265. The summed E-state index contributed by atoms with van der Waals surface area (Å²) in [5.41, 5.74) is 1.39. The molecule has 3 aliphatic heterocycles. The van der Waals surface area contributed by atoms with Gasteiger partial charge in [-0.15, -0.1) is 0 Å². The van der Waals surface area contributed by atoms with E-state index in [-0.39, 0.29) is 17.4 Å². The lowest BCUT2D eigenvalue weighted by Crippen LogP contribution is -2.44. The van der Waals surface area contributed by atoms with E-state index >= 15 is 0 Å². The summed E-state index contributed by atoms with van der Waals surface area (Å²) < 4.78 is 6.16. The predicted octanol–water partition coefficient (Wildman–Crippen LogP) is 1.87. The van der Waals surface area contributed by atoms with E-state index in [0.717, 1.165) is 83.4 Å². The van der Waals surface area contributed by atoms with Gasteiger partial charge < -0.3 is 19.6 Å². The van der Waals surface area contributed by atoms with Crippen LogP contribution in [-0.2, 0) is 16.0 Å². The second-order valence-corrected chi connectivity index (χ2v) is 8.91. The van der Waals surface area contributed by atoms with Crippen LogP contribution in [0.25, 0.3) is 0 Å². The smallest absolute Gasteiger partial charge is 0.222 e. The Labute approximate surface area is 167 Å². The predicted molar refractivity (Wildman–Crippen MR) is 107 cm³/mol. The Morgan fingerprint density at radius 2 is 2.04 bits per heavy atom.